The fourth-order valence-corrected chi connectivity index (χ4v) is 6.56. The number of ether oxygens (including phenoxy) is 1. The predicted octanol–water partition coefficient (Wildman–Crippen LogP) is 1.81. The average molecular weight is 420 g/mol. The van der Waals surface area contributed by atoms with Gasteiger partial charge < -0.3 is 14.2 Å². The SMILES string of the molecule is COc1ccc(Cc2noc(C3CCS(=O)(=O)C34CN(C(=O)C(C)C)C4)n2)cc1. The van der Waals surface area contributed by atoms with Crippen LogP contribution in [0, 0.1) is 5.92 Å². The van der Waals surface area contributed by atoms with Gasteiger partial charge in [-0.2, -0.15) is 4.98 Å². The summed E-state index contributed by atoms with van der Waals surface area (Å²) in [4.78, 5) is 18.4. The van der Waals surface area contributed by atoms with Crippen LogP contribution < -0.4 is 4.74 Å². The van der Waals surface area contributed by atoms with Gasteiger partial charge in [-0.05, 0) is 24.1 Å². The summed E-state index contributed by atoms with van der Waals surface area (Å²) in [7, 11) is -1.72. The van der Waals surface area contributed by atoms with Crippen LogP contribution >= 0.6 is 0 Å². The smallest absolute Gasteiger partial charge is 0.231 e. The van der Waals surface area contributed by atoms with Crippen LogP contribution in [0.15, 0.2) is 28.8 Å². The standard InChI is InChI=1S/C20H25N3O5S/c1-13(2)19(24)23-11-20(12-23)16(8-9-29(20,25)26)18-21-17(22-28-18)10-14-4-6-15(27-3)7-5-14/h4-7,13,16H,8-12H2,1-3H3. The van der Waals surface area contributed by atoms with Crippen molar-refractivity contribution in [3.8, 4) is 5.75 Å². The molecule has 1 spiro atoms. The van der Waals surface area contributed by atoms with Gasteiger partial charge in [-0.3, -0.25) is 4.79 Å². The molecule has 1 amide bonds. The van der Waals surface area contributed by atoms with Gasteiger partial charge in [0.2, 0.25) is 11.8 Å². The predicted molar refractivity (Wildman–Crippen MR) is 105 cm³/mol. The summed E-state index contributed by atoms with van der Waals surface area (Å²) < 4.78 is 35.3. The van der Waals surface area contributed by atoms with Crippen molar-refractivity contribution in [2.24, 2.45) is 5.92 Å². The number of methoxy groups -OCH3 is 1. The first-order chi connectivity index (χ1) is 13.8. The molecule has 2 aliphatic heterocycles. The quantitative estimate of drug-likeness (QED) is 0.728. The van der Waals surface area contributed by atoms with E-state index in [0.29, 0.717) is 24.6 Å². The van der Waals surface area contributed by atoms with E-state index in [1.165, 1.54) is 0 Å². The van der Waals surface area contributed by atoms with Crippen LogP contribution in [-0.4, -0.2) is 60.1 Å². The van der Waals surface area contributed by atoms with E-state index >= 15 is 0 Å². The molecule has 0 bridgehead atoms. The third-order valence-electron chi connectivity index (χ3n) is 5.96. The maximum Gasteiger partial charge on any atom is 0.231 e. The fourth-order valence-electron chi connectivity index (χ4n) is 4.25. The maximum absolute atomic E-state index is 12.8. The summed E-state index contributed by atoms with van der Waals surface area (Å²) >= 11 is 0. The number of hydrogen-bond acceptors (Lipinski definition) is 7. The largest absolute Gasteiger partial charge is 0.497 e. The topological polar surface area (TPSA) is 103 Å². The average Bonchev–Trinajstić information content (AvgIpc) is 3.21. The van der Waals surface area contributed by atoms with E-state index in [1.54, 1.807) is 12.0 Å². The molecule has 2 aromatic rings. The molecule has 9 heteroatoms. The molecule has 0 aliphatic carbocycles. The third-order valence-corrected chi connectivity index (χ3v) is 8.51. The molecule has 4 rings (SSSR count). The Morgan fingerprint density at radius 3 is 2.62 bits per heavy atom. The molecule has 2 saturated heterocycles. The van der Waals surface area contributed by atoms with Gasteiger partial charge in [0.25, 0.3) is 0 Å². The molecule has 1 aromatic carbocycles. The van der Waals surface area contributed by atoms with E-state index in [1.807, 2.05) is 38.1 Å². The minimum Gasteiger partial charge on any atom is -0.497 e. The molecule has 8 nitrogen and oxygen atoms in total. The first kappa shape index (κ1) is 19.9. The van der Waals surface area contributed by atoms with E-state index in [0.717, 1.165) is 11.3 Å². The monoisotopic (exact) mass is 419 g/mol. The number of carbonyl (C=O) groups is 1. The fraction of sp³-hybridized carbons (Fsp3) is 0.550. The summed E-state index contributed by atoms with van der Waals surface area (Å²) in [5.74, 6) is 1.16. The van der Waals surface area contributed by atoms with Crippen molar-refractivity contribution < 1.29 is 22.5 Å². The minimum absolute atomic E-state index is 0.0257. The van der Waals surface area contributed by atoms with Gasteiger partial charge in [0, 0.05) is 25.4 Å². The van der Waals surface area contributed by atoms with Crippen molar-refractivity contribution in [3.63, 3.8) is 0 Å². The van der Waals surface area contributed by atoms with Crippen molar-refractivity contribution in [3.05, 3.63) is 41.5 Å². The van der Waals surface area contributed by atoms with Gasteiger partial charge in [-0.25, -0.2) is 8.42 Å². The van der Waals surface area contributed by atoms with Crippen molar-refractivity contribution in [1.82, 2.24) is 15.0 Å². The normalized spacial score (nSPS) is 22.1. The van der Waals surface area contributed by atoms with E-state index < -0.39 is 14.6 Å². The molecule has 0 saturated carbocycles. The highest BCUT2D eigenvalue weighted by atomic mass is 32.2. The van der Waals surface area contributed by atoms with Crippen LogP contribution in [-0.2, 0) is 21.1 Å². The molecule has 1 unspecified atom stereocenters. The van der Waals surface area contributed by atoms with Gasteiger partial charge in [-0.1, -0.05) is 31.1 Å². The van der Waals surface area contributed by atoms with Gasteiger partial charge in [0.05, 0.1) is 18.8 Å². The Morgan fingerprint density at radius 2 is 2.00 bits per heavy atom. The molecule has 29 heavy (non-hydrogen) atoms. The first-order valence-electron chi connectivity index (χ1n) is 9.72. The third kappa shape index (κ3) is 3.31. The highest BCUT2D eigenvalue weighted by Crippen LogP contribution is 2.49. The van der Waals surface area contributed by atoms with Crippen molar-refractivity contribution in [2.75, 3.05) is 26.0 Å². The van der Waals surface area contributed by atoms with Crippen molar-refractivity contribution >= 4 is 15.7 Å². The lowest BCUT2D eigenvalue weighted by Gasteiger charge is -2.49. The van der Waals surface area contributed by atoms with E-state index in [9.17, 15) is 13.2 Å². The van der Waals surface area contributed by atoms with Crippen LogP contribution in [0.2, 0.25) is 0 Å². The first-order valence-corrected chi connectivity index (χ1v) is 11.4. The summed E-state index contributed by atoms with van der Waals surface area (Å²) in [5, 5.41) is 4.06. The number of sulfone groups is 1. The number of hydrogen-bond donors (Lipinski definition) is 0. The minimum atomic E-state index is -3.33. The Balaban J connectivity index is 1.53. The Bertz CT molecular complexity index is 1010. The molecule has 0 radical (unpaired) electrons. The lowest BCUT2D eigenvalue weighted by Crippen LogP contribution is -2.68. The van der Waals surface area contributed by atoms with Crippen LogP contribution in [0.1, 0.15) is 43.5 Å². The summed E-state index contributed by atoms with van der Waals surface area (Å²) in [5.41, 5.74) is 1.00. The van der Waals surface area contributed by atoms with E-state index in [2.05, 4.69) is 10.1 Å². The van der Waals surface area contributed by atoms with Gasteiger partial charge >= 0.3 is 0 Å². The highest BCUT2D eigenvalue weighted by molar-refractivity contribution is 7.93. The number of rotatable bonds is 5. The summed E-state index contributed by atoms with van der Waals surface area (Å²) in [6.45, 7) is 4.04. The maximum atomic E-state index is 12.8. The van der Waals surface area contributed by atoms with Crippen molar-refractivity contribution in [2.45, 2.75) is 37.4 Å². The van der Waals surface area contributed by atoms with Gasteiger partial charge in [-0.15, -0.1) is 0 Å². The molecular weight excluding hydrogens is 394 g/mol. The van der Waals surface area contributed by atoms with Gasteiger partial charge in [0.1, 0.15) is 10.5 Å². The second kappa shape index (κ2) is 7.12. The molecule has 0 N–H and O–H groups in total. The second-order valence-electron chi connectivity index (χ2n) is 8.15. The zero-order valence-electron chi connectivity index (χ0n) is 16.8. The second-order valence-corrected chi connectivity index (χ2v) is 10.6. The molecule has 1 atom stereocenters. The highest BCUT2D eigenvalue weighted by Gasteiger charge is 2.64. The van der Waals surface area contributed by atoms with Crippen LogP contribution in [0.4, 0.5) is 0 Å². The number of likely N-dealkylation sites (tertiary alicyclic amines) is 1. The lowest BCUT2D eigenvalue weighted by molar-refractivity contribution is -0.140. The Hall–Kier alpha value is -2.42. The number of amides is 1. The molecule has 2 aliphatic rings. The molecule has 1 aromatic heterocycles. The number of carbonyl (C=O) groups excluding carboxylic acids is 1. The lowest BCUT2D eigenvalue weighted by atomic mass is 9.82. The zero-order valence-corrected chi connectivity index (χ0v) is 17.6. The Kier molecular flexibility index (Phi) is 4.88. The van der Waals surface area contributed by atoms with E-state index in [4.69, 9.17) is 9.26 Å². The Labute approximate surface area is 170 Å². The van der Waals surface area contributed by atoms with E-state index in [-0.39, 0.29) is 36.6 Å². The van der Waals surface area contributed by atoms with Crippen LogP contribution in [0.5, 0.6) is 5.75 Å². The molecule has 156 valence electrons. The summed E-state index contributed by atoms with van der Waals surface area (Å²) in [6, 6.07) is 7.59. The summed E-state index contributed by atoms with van der Waals surface area (Å²) in [6.07, 6.45) is 0.925. The number of aromatic nitrogens is 2. The van der Waals surface area contributed by atoms with Crippen molar-refractivity contribution in [1.29, 1.82) is 0 Å². The van der Waals surface area contributed by atoms with Gasteiger partial charge in [0.15, 0.2) is 15.7 Å². The number of benzene rings is 1. The molecule has 3 heterocycles. The Morgan fingerprint density at radius 1 is 1.31 bits per heavy atom. The number of nitrogens with zero attached hydrogens (tertiary/aromatic N) is 3. The van der Waals surface area contributed by atoms with Crippen LogP contribution in [0.3, 0.4) is 0 Å². The molecule has 2 fully saturated rings. The zero-order chi connectivity index (χ0) is 20.8. The molecular formula is C20H25N3O5S. The van der Waals surface area contributed by atoms with Crippen LogP contribution in [0.25, 0.3) is 0 Å².